The number of carbonyl (C=O) groups is 1. The summed E-state index contributed by atoms with van der Waals surface area (Å²) in [6.07, 6.45) is -0.611. The minimum Gasteiger partial charge on any atom is -0.378 e. The molecule has 7 nitrogen and oxygen atoms in total. The lowest BCUT2D eigenvalue weighted by atomic mass is 10.3. The molecule has 0 spiro atoms. The largest absolute Gasteiger partial charge is 0.378 e. The lowest BCUT2D eigenvalue weighted by Gasteiger charge is -2.35. The van der Waals surface area contributed by atoms with Crippen LogP contribution in [0.25, 0.3) is 0 Å². The van der Waals surface area contributed by atoms with E-state index in [1.165, 1.54) is 16.4 Å². The van der Waals surface area contributed by atoms with Crippen LogP contribution < -0.4 is 0 Å². The van der Waals surface area contributed by atoms with E-state index in [1.807, 2.05) is 6.92 Å². The van der Waals surface area contributed by atoms with Crippen molar-refractivity contribution in [2.24, 2.45) is 0 Å². The van der Waals surface area contributed by atoms with E-state index in [9.17, 15) is 17.6 Å². The van der Waals surface area contributed by atoms with E-state index in [0.29, 0.717) is 26.3 Å². The minimum atomic E-state index is -3.81. The predicted molar refractivity (Wildman–Crippen MR) is 88.8 cm³/mol. The summed E-state index contributed by atoms with van der Waals surface area (Å²) >= 11 is 0. The zero-order valence-electron chi connectivity index (χ0n) is 14.3. The molecule has 3 rings (SSSR count). The summed E-state index contributed by atoms with van der Waals surface area (Å²) in [4.78, 5) is 16.1. The third-order valence-electron chi connectivity index (χ3n) is 4.66. The summed E-state index contributed by atoms with van der Waals surface area (Å²) in [6, 6.07) is 4.30. The highest BCUT2D eigenvalue weighted by Crippen LogP contribution is 2.28. The molecule has 25 heavy (non-hydrogen) atoms. The van der Waals surface area contributed by atoms with Crippen molar-refractivity contribution in [2.75, 3.05) is 32.8 Å². The molecule has 9 heteroatoms. The zero-order valence-corrected chi connectivity index (χ0v) is 15.1. The van der Waals surface area contributed by atoms with Gasteiger partial charge in [0.15, 0.2) is 0 Å². The first kappa shape index (κ1) is 18.1. The topological polar surface area (TPSA) is 70.2 Å². The maximum absolute atomic E-state index is 13.1. The first-order valence-electron chi connectivity index (χ1n) is 8.25. The van der Waals surface area contributed by atoms with E-state index < -0.39 is 22.0 Å². The first-order chi connectivity index (χ1) is 11.8. The molecule has 1 aromatic rings. The number of urea groups is 1. The molecular formula is C16H22FN3O4S. The molecule has 0 bridgehead atoms. The third kappa shape index (κ3) is 3.36. The second-order valence-corrected chi connectivity index (χ2v) is 8.19. The van der Waals surface area contributed by atoms with E-state index in [-0.39, 0.29) is 23.5 Å². The molecule has 1 aromatic carbocycles. The van der Waals surface area contributed by atoms with Crippen molar-refractivity contribution in [2.45, 2.75) is 31.0 Å². The summed E-state index contributed by atoms with van der Waals surface area (Å²) in [5.74, 6) is -0.495. The van der Waals surface area contributed by atoms with Crippen molar-refractivity contribution < 1.29 is 22.3 Å². The maximum atomic E-state index is 13.1. The molecule has 2 heterocycles. The standard InChI is InChI=1S/C16H22FN3O4S/c1-12-11-19(25(22,23)15-5-3-14(17)4-6-15)13(2)20(12)16(21)18-7-9-24-10-8-18/h3-6,12-13H,7-11H2,1-2H3/t12-,13+/m0/s1. The number of rotatable bonds is 2. The molecule has 2 aliphatic heterocycles. The minimum absolute atomic E-state index is 0.0219. The number of hydrogen-bond acceptors (Lipinski definition) is 4. The predicted octanol–water partition coefficient (Wildman–Crippen LogP) is 1.32. The van der Waals surface area contributed by atoms with E-state index in [0.717, 1.165) is 12.1 Å². The highest BCUT2D eigenvalue weighted by molar-refractivity contribution is 7.89. The number of hydrogen-bond donors (Lipinski definition) is 0. The lowest BCUT2D eigenvalue weighted by Crippen LogP contribution is -2.52. The highest BCUT2D eigenvalue weighted by Gasteiger charge is 2.45. The summed E-state index contributed by atoms with van der Waals surface area (Å²) in [5.41, 5.74) is 0. The van der Waals surface area contributed by atoms with Gasteiger partial charge in [0.1, 0.15) is 5.82 Å². The fraction of sp³-hybridized carbons (Fsp3) is 0.562. The Balaban J connectivity index is 1.82. The van der Waals surface area contributed by atoms with Gasteiger partial charge >= 0.3 is 6.03 Å². The van der Waals surface area contributed by atoms with Crippen LogP contribution in [0.5, 0.6) is 0 Å². The molecule has 0 saturated carbocycles. The Labute approximate surface area is 147 Å². The van der Waals surface area contributed by atoms with Gasteiger partial charge in [-0.3, -0.25) is 0 Å². The van der Waals surface area contributed by atoms with Crippen molar-refractivity contribution in [3.05, 3.63) is 30.1 Å². The van der Waals surface area contributed by atoms with Crippen LogP contribution in [0.4, 0.5) is 9.18 Å². The number of amides is 2. The Kier molecular flexibility index (Phi) is 4.99. The van der Waals surface area contributed by atoms with Crippen molar-refractivity contribution in [3.8, 4) is 0 Å². The van der Waals surface area contributed by atoms with Crippen LogP contribution in [0.1, 0.15) is 13.8 Å². The van der Waals surface area contributed by atoms with Gasteiger partial charge in [0.2, 0.25) is 10.0 Å². The van der Waals surface area contributed by atoms with Crippen LogP contribution in [0.3, 0.4) is 0 Å². The third-order valence-corrected chi connectivity index (χ3v) is 6.60. The highest BCUT2D eigenvalue weighted by atomic mass is 32.2. The Bertz CT molecular complexity index is 734. The normalized spacial score (nSPS) is 25.4. The van der Waals surface area contributed by atoms with Crippen molar-refractivity contribution >= 4 is 16.1 Å². The molecule has 0 unspecified atom stereocenters. The van der Waals surface area contributed by atoms with Crippen molar-refractivity contribution in [1.29, 1.82) is 0 Å². The van der Waals surface area contributed by atoms with Gasteiger partial charge in [-0.05, 0) is 38.1 Å². The second-order valence-electron chi connectivity index (χ2n) is 6.30. The Hall–Kier alpha value is -1.71. The molecule has 0 aliphatic carbocycles. The van der Waals surface area contributed by atoms with Gasteiger partial charge in [-0.1, -0.05) is 0 Å². The number of nitrogens with zero attached hydrogens (tertiary/aromatic N) is 3. The van der Waals surface area contributed by atoms with Crippen LogP contribution in [-0.2, 0) is 14.8 Å². The summed E-state index contributed by atoms with van der Waals surface area (Å²) in [5, 5.41) is 0. The number of ether oxygens (including phenoxy) is 1. The Morgan fingerprint density at radius 3 is 2.36 bits per heavy atom. The van der Waals surface area contributed by atoms with Crippen LogP contribution in [-0.4, -0.2) is 73.6 Å². The molecule has 2 atom stereocenters. The molecule has 0 N–H and O–H groups in total. The van der Waals surface area contributed by atoms with E-state index >= 15 is 0 Å². The number of halogens is 1. The van der Waals surface area contributed by atoms with Gasteiger partial charge < -0.3 is 14.5 Å². The Morgan fingerprint density at radius 1 is 1.16 bits per heavy atom. The molecule has 0 radical (unpaired) electrons. The number of morpholine rings is 1. The lowest BCUT2D eigenvalue weighted by molar-refractivity contribution is 0.0382. The van der Waals surface area contributed by atoms with Gasteiger partial charge in [-0.15, -0.1) is 0 Å². The fourth-order valence-corrected chi connectivity index (χ4v) is 4.98. The van der Waals surface area contributed by atoms with Gasteiger partial charge in [-0.2, -0.15) is 4.31 Å². The number of sulfonamides is 1. The van der Waals surface area contributed by atoms with Gasteiger partial charge in [0.05, 0.1) is 24.3 Å². The summed E-state index contributed by atoms with van der Waals surface area (Å²) < 4.78 is 45.4. The Morgan fingerprint density at radius 2 is 1.76 bits per heavy atom. The van der Waals surface area contributed by atoms with Crippen LogP contribution in [0.15, 0.2) is 29.2 Å². The van der Waals surface area contributed by atoms with E-state index in [4.69, 9.17) is 4.74 Å². The van der Waals surface area contributed by atoms with E-state index in [2.05, 4.69) is 0 Å². The van der Waals surface area contributed by atoms with Crippen molar-refractivity contribution in [3.63, 3.8) is 0 Å². The van der Waals surface area contributed by atoms with Crippen LogP contribution >= 0.6 is 0 Å². The number of carbonyl (C=O) groups excluding carboxylic acids is 1. The molecular weight excluding hydrogens is 349 g/mol. The molecule has 138 valence electrons. The quantitative estimate of drug-likeness (QED) is 0.786. The van der Waals surface area contributed by atoms with Crippen molar-refractivity contribution in [1.82, 2.24) is 14.1 Å². The molecule has 2 saturated heterocycles. The van der Waals surface area contributed by atoms with Crippen LogP contribution in [0.2, 0.25) is 0 Å². The summed E-state index contributed by atoms with van der Waals surface area (Å²) in [7, 11) is -3.81. The molecule has 2 fully saturated rings. The molecule has 2 amide bonds. The fourth-order valence-electron chi connectivity index (χ4n) is 3.32. The first-order valence-corrected chi connectivity index (χ1v) is 9.69. The smallest absolute Gasteiger partial charge is 0.321 e. The second kappa shape index (κ2) is 6.89. The zero-order chi connectivity index (χ0) is 18.2. The van der Waals surface area contributed by atoms with Gasteiger partial charge in [0.25, 0.3) is 0 Å². The monoisotopic (exact) mass is 371 g/mol. The molecule has 0 aromatic heterocycles. The average Bonchev–Trinajstić information content (AvgIpc) is 2.90. The van der Waals surface area contributed by atoms with Gasteiger partial charge in [-0.25, -0.2) is 17.6 Å². The van der Waals surface area contributed by atoms with Crippen LogP contribution in [0, 0.1) is 5.82 Å². The molecule has 2 aliphatic rings. The van der Waals surface area contributed by atoms with Gasteiger partial charge in [0, 0.05) is 25.7 Å². The maximum Gasteiger partial charge on any atom is 0.321 e. The average molecular weight is 371 g/mol. The van der Waals surface area contributed by atoms with E-state index in [1.54, 1.807) is 16.7 Å². The summed E-state index contributed by atoms with van der Waals surface area (Å²) in [6.45, 7) is 5.70. The number of benzene rings is 1. The SMILES string of the molecule is C[C@H]1CN(S(=O)(=O)c2ccc(F)cc2)[C@@H](C)N1C(=O)N1CCOCC1.